The number of nitrogens with zero attached hydrogens (tertiary/aromatic N) is 1. The van der Waals surface area contributed by atoms with Crippen molar-refractivity contribution in [2.75, 3.05) is 15.9 Å². The van der Waals surface area contributed by atoms with Crippen LogP contribution in [0.2, 0.25) is 5.02 Å². The fourth-order valence-corrected chi connectivity index (χ4v) is 4.03. The molecule has 0 fully saturated rings. The molecule has 0 aromatic heterocycles. The zero-order valence-electron chi connectivity index (χ0n) is 17.0. The first-order valence-electron chi connectivity index (χ1n) is 9.38. The van der Waals surface area contributed by atoms with Gasteiger partial charge in [0, 0.05) is 21.8 Å². The number of carbonyl (C=O) groups is 2. The number of halogens is 1. The Morgan fingerprint density at radius 3 is 2.03 bits per heavy atom. The second-order valence-electron chi connectivity index (χ2n) is 7.00. The third-order valence-corrected chi connectivity index (χ3v) is 6.15. The molecule has 0 aliphatic carbocycles. The van der Waals surface area contributed by atoms with Gasteiger partial charge in [0.25, 0.3) is 5.91 Å². The van der Waals surface area contributed by atoms with E-state index in [2.05, 4.69) is 5.32 Å². The summed E-state index contributed by atoms with van der Waals surface area (Å²) in [4.78, 5) is 23.9. The van der Waals surface area contributed by atoms with Crippen molar-refractivity contribution in [1.29, 1.82) is 0 Å². The van der Waals surface area contributed by atoms with Gasteiger partial charge >= 0.3 is 0 Å². The third-order valence-electron chi connectivity index (χ3n) is 4.64. The van der Waals surface area contributed by atoms with E-state index in [1.54, 1.807) is 72.8 Å². The average Bonchev–Trinajstić information content (AvgIpc) is 2.73. The molecule has 0 saturated heterocycles. The molecule has 0 atom stereocenters. The smallest absolute Gasteiger partial charge is 0.255 e. The van der Waals surface area contributed by atoms with Crippen molar-refractivity contribution in [3.05, 3.63) is 94.5 Å². The van der Waals surface area contributed by atoms with Crippen LogP contribution in [0.3, 0.4) is 0 Å². The highest BCUT2D eigenvalue weighted by Gasteiger charge is 2.19. The van der Waals surface area contributed by atoms with E-state index in [9.17, 15) is 18.0 Å². The molecule has 8 heteroatoms. The molecule has 0 heterocycles. The van der Waals surface area contributed by atoms with Crippen molar-refractivity contribution < 1.29 is 18.0 Å². The summed E-state index contributed by atoms with van der Waals surface area (Å²) in [5.74, 6) is -0.403. The number of ketones is 1. The van der Waals surface area contributed by atoms with E-state index >= 15 is 0 Å². The van der Waals surface area contributed by atoms with Crippen LogP contribution in [0.15, 0.2) is 72.8 Å². The quantitative estimate of drug-likeness (QED) is 0.519. The van der Waals surface area contributed by atoms with E-state index < -0.39 is 10.0 Å². The van der Waals surface area contributed by atoms with E-state index in [0.29, 0.717) is 33.1 Å². The Balaban J connectivity index is 1.78. The number of hydrogen-bond donors (Lipinski definition) is 1. The lowest BCUT2D eigenvalue weighted by Crippen LogP contribution is -2.29. The van der Waals surface area contributed by atoms with Crippen molar-refractivity contribution in [1.82, 2.24) is 0 Å². The van der Waals surface area contributed by atoms with Crippen LogP contribution in [-0.2, 0) is 16.6 Å². The average molecular weight is 457 g/mol. The molecule has 160 valence electrons. The molecule has 0 spiro atoms. The molecule has 0 unspecified atom stereocenters. The number of hydrogen-bond acceptors (Lipinski definition) is 4. The van der Waals surface area contributed by atoms with Crippen molar-refractivity contribution in [2.24, 2.45) is 0 Å². The topological polar surface area (TPSA) is 83.6 Å². The molecular formula is C23H21ClN2O4S. The second kappa shape index (κ2) is 9.32. The first-order valence-corrected chi connectivity index (χ1v) is 11.6. The van der Waals surface area contributed by atoms with Crippen LogP contribution in [0.1, 0.15) is 33.2 Å². The highest BCUT2D eigenvalue weighted by atomic mass is 35.5. The van der Waals surface area contributed by atoms with Gasteiger partial charge in [-0.1, -0.05) is 29.8 Å². The Hall–Kier alpha value is -3.16. The highest BCUT2D eigenvalue weighted by molar-refractivity contribution is 7.92. The number of sulfonamides is 1. The maximum absolute atomic E-state index is 12.5. The van der Waals surface area contributed by atoms with Crippen LogP contribution in [0.25, 0.3) is 0 Å². The predicted octanol–water partition coefficient (Wildman–Crippen LogP) is 4.76. The van der Waals surface area contributed by atoms with Crippen molar-refractivity contribution in [2.45, 2.75) is 13.5 Å². The van der Waals surface area contributed by atoms with E-state index in [0.717, 1.165) is 6.26 Å². The summed E-state index contributed by atoms with van der Waals surface area (Å²) in [6, 6.07) is 19.9. The SMILES string of the molecule is CC(=O)c1ccc(NC(=O)c2ccc(N(Cc3ccccc3Cl)S(C)(=O)=O)cc2)cc1. The monoisotopic (exact) mass is 456 g/mol. The molecule has 0 radical (unpaired) electrons. The maximum Gasteiger partial charge on any atom is 0.255 e. The number of benzene rings is 3. The lowest BCUT2D eigenvalue weighted by Gasteiger charge is -2.23. The molecule has 0 saturated carbocycles. The van der Waals surface area contributed by atoms with Crippen molar-refractivity contribution in [3.63, 3.8) is 0 Å². The fourth-order valence-electron chi connectivity index (χ4n) is 2.95. The minimum Gasteiger partial charge on any atom is -0.322 e. The summed E-state index contributed by atoms with van der Waals surface area (Å²) in [6.07, 6.45) is 1.12. The Morgan fingerprint density at radius 2 is 1.48 bits per heavy atom. The largest absolute Gasteiger partial charge is 0.322 e. The van der Waals surface area contributed by atoms with Gasteiger partial charge < -0.3 is 5.32 Å². The van der Waals surface area contributed by atoms with Crippen LogP contribution in [0, 0.1) is 0 Å². The number of nitrogens with one attached hydrogen (secondary N) is 1. The molecule has 6 nitrogen and oxygen atoms in total. The van der Waals surface area contributed by atoms with E-state index in [4.69, 9.17) is 11.6 Å². The van der Waals surface area contributed by atoms with E-state index in [1.165, 1.54) is 11.2 Å². The third kappa shape index (κ3) is 5.71. The Kier molecular flexibility index (Phi) is 6.77. The molecule has 0 aliphatic heterocycles. The van der Waals surface area contributed by atoms with Crippen LogP contribution < -0.4 is 9.62 Å². The maximum atomic E-state index is 12.5. The lowest BCUT2D eigenvalue weighted by atomic mass is 10.1. The molecular weight excluding hydrogens is 436 g/mol. The van der Waals surface area contributed by atoms with Gasteiger partial charge in [-0.05, 0) is 67.1 Å². The minimum atomic E-state index is -3.58. The molecule has 0 aliphatic rings. The molecule has 1 amide bonds. The predicted molar refractivity (Wildman–Crippen MR) is 123 cm³/mol. The van der Waals surface area contributed by atoms with Gasteiger partial charge in [0.05, 0.1) is 18.5 Å². The van der Waals surface area contributed by atoms with E-state index in [1.807, 2.05) is 0 Å². The molecule has 3 aromatic carbocycles. The lowest BCUT2D eigenvalue weighted by molar-refractivity contribution is 0.101. The molecule has 3 aromatic rings. The van der Waals surface area contributed by atoms with Gasteiger partial charge in [-0.25, -0.2) is 8.42 Å². The first-order chi connectivity index (χ1) is 14.6. The number of amides is 1. The molecule has 3 rings (SSSR count). The number of rotatable bonds is 7. The Labute approximate surface area is 186 Å². The fraction of sp³-hybridized carbons (Fsp3) is 0.130. The normalized spacial score (nSPS) is 11.1. The zero-order chi connectivity index (χ0) is 22.6. The minimum absolute atomic E-state index is 0.0549. The zero-order valence-corrected chi connectivity index (χ0v) is 18.6. The number of Topliss-reactive ketones (excluding diaryl/α,β-unsaturated/α-hetero) is 1. The first kappa shape index (κ1) is 22.5. The summed E-state index contributed by atoms with van der Waals surface area (Å²) >= 11 is 6.18. The Morgan fingerprint density at radius 1 is 0.903 bits per heavy atom. The van der Waals surface area contributed by atoms with Gasteiger partial charge in [-0.3, -0.25) is 13.9 Å². The van der Waals surface area contributed by atoms with Gasteiger partial charge in [0.2, 0.25) is 10.0 Å². The Bertz CT molecular complexity index is 1210. The summed E-state index contributed by atoms with van der Waals surface area (Å²) in [5, 5.41) is 3.23. The summed E-state index contributed by atoms with van der Waals surface area (Å²) in [7, 11) is -3.58. The molecule has 1 N–H and O–H groups in total. The molecule has 0 bridgehead atoms. The summed E-state index contributed by atoms with van der Waals surface area (Å²) in [5.41, 5.74) is 2.57. The number of carbonyl (C=O) groups excluding carboxylic acids is 2. The van der Waals surface area contributed by atoms with E-state index in [-0.39, 0.29) is 18.2 Å². The molecule has 31 heavy (non-hydrogen) atoms. The van der Waals surface area contributed by atoms with Crippen LogP contribution >= 0.6 is 11.6 Å². The standard InChI is InChI=1S/C23H21ClN2O4S/c1-16(27)17-7-11-20(12-8-17)25-23(28)18-9-13-21(14-10-18)26(31(2,29)30)15-19-5-3-4-6-22(19)24/h3-14H,15H2,1-2H3,(H,25,28). The van der Waals surface area contributed by atoms with Gasteiger partial charge in [0.1, 0.15) is 0 Å². The van der Waals surface area contributed by atoms with Gasteiger partial charge in [-0.2, -0.15) is 0 Å². The van der Waals surface area contributed by atoms with Crippen molar-refractivity contribution in [3.8, 4) is 0 Å². The van der Waals surface area contributed by atoms with Crippen LogP contribution in [0.5, 0.6) is 0 Å². The van der Waals surface area contributed by atoms with Crippen molar-refractivity contribution >= 4 is 44.7 Å². The summed E-state index contributed by atoms with van der Waals surface area (Å²) in [6.45, 7) is 1.55. The summed E-state index contributed by atoms with van der Waals surface area (Å²) < 4.78 is 26.0. The second-order valence-corrected chi connectivity index (χ2v) is 9.31. The van der Waals surface area contributed by atoms with Crippen LogP contribution in [-0.4, -0.2) is 26.4 Å². The number of anilines is 2. The van der Waals surface area contributed by atoms with Gasteiger partial charge in [-0.15, -0.1) is 0 Å². The highest BCUT2D eigenvalue weighted by Crippen LogP contribution is 2.25. The van der Waals surface area contributed by atoms with Crippen LogP contribution in [0.4, 0.5) is 11.4 Å². The van der Waals surface area contributed by atoms with Gasteiger partial charge in [0.15, 0.2) is 5.78 Å².